The number of nitro benzene ring substituents is 1. The lowest BCUT2D eigenvalue weighted by molar-refractivity contribution is -0.385. The van der Waals surface area contributed by atoms with E-state index in [1.807, 2.05) is 0 Å². The van der Waals surface area contributed by atoms with Crippen LogP contribution in [0.5, 0.6) is 0 Å². The van der Waals surface area contributed by atoms with Crippen molar-refractivity contribution in [2.75, 3.05) is 44.2 Å². The Morgan fingerprint density at radius 3 is 2.46 bits per heavy atom. The zero-order valence-electron chi connectivity index (χ0n) is 15.1. The van der Waals surface area contributed by atoms with Gasteiger partial charge in [0.15, 0.2) is 0 Å². The molecule has 1 aliphatic heterocycles. The Kier molecular flexibility index (Phi) is 6.43. The van der Waals surface area contributed by atoms with Crippen molar-refractivity contribution in [1.82, 2.24) is 10.2 Å². The Labute approximate surface area is 166 Å². The molecule has 0 atom stereocenters. The molecule has 28 heavy (non-hydrogen) atoms. The van der Waals surface area contributed by atoms with Gasteiger partial charge in [-0.3, -0.25) is 19.8 Å². The summed E-state index contributed by atoms with van der Waals surface area (Å²) < 4.78 is 13.0. The van der Waals surface area contributed by atoms with E-state index in [-0.39, 0.29) is 22.1 Å². The minimum atomic E-state index is -0.616. The molecule has 0 radical (unpaired) electrons. The molecule has 0 aliphatic carbocycles. The Morgan fingerprint density at radius 2 is 1.82 bits per heavy atom. The van der Waals surface area contributed by atoms with E-state index in [4.69, 9.17) is 11.6 Å². The molecule has 148 valence electrons. The van der Waals surface area contributed by atoms with E-state index in [1.54, 1.807) is 12.1 Å². The molecule has 7 nitrogen and oxygen atoms in total. The number of anilines is 1. The van der Waals surface area contributed by atoms with Crippen LogP contribution in [0.1, 0.15) is 10.4 Å². The van der Waals surface area contributed by atoms with Crippen LogP contribution in [0.15, 0.2) is 42.5 Å². The van der Waals surface area contributed by atoms with Crippen molar-refractivity contribution >= 4 is 28.9 Å². The van der Waals surface area contributed by atoms with Crippen molar-refractivity contribution in [1.29, 1.82) is 0 Å². The fraction of sp³-hybridized carbons (Fsp3) is 0.316. The first-order chi connectivity index (χ1) is 13.4. The van der Waals surface area contributed by atoms with Gasteiger partial charge >= 0.3 is 0 Å². The number of carbonyl (C=O) groups is 1. The summed E-state index contributed by atoms with van der Waals surface area (Å²) in [6, 6.07) is 10.4. The fourth-order valence-electron chi connectivity index (χ4n) is 3.15. The third-order valence-corrected chi connectivity index (χ3v) is 4.91. The van der Waals surface area contributed by atoms with Crippen LogP contribution in [0, 0.1) is 15.9 Å². The number of nitrogens with zero attached hydrogens (tertiary/aromatic N) is 3. The number of benzene rings is 2. The van der Waals surface area contributed by atoms with Crippen molar-refractivity contribution in [3.05, 3.63) is 69.0 Å². The second-order valence-corrected chi connectivity index (χ2v) is 6.92. The highest BCUT2D eigenvalue weighted by Gasteiger charge is 2.21. The number of nitrogens with one attached hydrogen (secondary N) is 1. The summed E-state index contributed by atoms with van der Waals surface area (Å²) in [5, 5.41) is 14.0. The van der Waals surface area contributed by atoms with Crippen molar-refractivity contribution in [2.24, 2.45) is 0 Å². The van der Waals surface area contributed by atoms with Crippen LogP contribution in [0.4, 0.5) is 15.8 Å². The van der Waals surface area contributed by atoms with Gasteiger partial charge in [0.25, 0.3) is 11.6 Å². The van der Waals surface area contributed by atoms with Crippen LogP contribution < -0.4 is 10.2 Å². The van der Waals surface area contributed by atoms with Crippen LogP contribution >= 0.6 is 11.6 Å². The predicted molar refractivity (Wildman–Crippen MR) is 105 cm³/mol. The molecular formula is C19H20ClFN4O3. The number of amides is 1. The summed E-state index contributed by atoms with van der Waals surface area (Å²) in [6.45, 7) is 4.27. The highest BCUT2D eigenvalue weighted by atomic mass is 35.5. The van der Waals surface area contributed by atoms with Crippen molar-refractivity contribution < 1.29 is 14.1 Å². The standard InChI is InChI=1S/C19H20ClFN4O3/c20-14-1-6-17(18(13-14)25(27)28)19(26)22-7-8-23-9-11-24(12-10-23)16-4-2-15(21)3-5-16/h1-6,13H,7-12H2,(H,22,26). The highest BCUT2D eigenvalue weighted by Crippen LogP contribution is 2.23. The number of nitro groups is 1. The molecule has 3 rings (SSSR count). The summed E-state index contributed by atoms with van der Waals surface area (Å²) in [6.07, 6.45) is 0. The van der Waals surface area contributed by atoms with Crippen molar-refractivity contribution in [2.45, 2.75) is 0 Å². The van der Waals surface area contributed by atoms with E-state index in [0.29, 0.717) is 13.1 Å². The number of carbonyl (C=O) groups excluding carboxylic acids is 1. The van der Waals surface area contributed by atoms with Gasteiger partial charge in [-0.25, -0.2) is 4.39 Å². The van der Waals surface area contributed by atoms with E-state index in [0.717, 1.165) is 31.9 Å². The summed E-state index contributed by atoms with van der Waals surface area (Å²) in [4.78, 5) is 27.1. The predicted octanol–water partition coefficient (Wildman–Crippen LogP) is 2.94. The van der Waals surface area contributed by atoms with Gasteiger partial charge in [-0.15, -0.1) is 0 Å². The molecule has 9 heteroatoms. The fourth-order valence-corrected chi connectivity index (χ4v) is 3.32. The molecule has 1 N–H and O–H groups in total. The first kappa shape index (κ1) is 20.0. The number of hydrogen-bond donors (Lipinski definition) is 1. The summed E-state index contributed by atoms with van der Waals surface area (Å²) >= 11 is 5.77. The lowest BCUT2D eigenvalue weighted by Crippen LogP contribution is -2.48. The van der Waals surface area contributed by atoms with Crippen LogP contribution in [0.25, 0.3) is 0 Å². The molecule has 0 saturated carbocycles. The van der Waals surface area contributed by atoms with Crippen LogP contribution in [0.3, 0.4) is 0 Å². The zero-order valence-corrected chi connectivity index (χ0v) is 15.9. The summed E-state index contributed by atoms with van der Waals surface area (Å²) in [5.41, 5.74) is 0.679. The van der Waals surface area contributed by atoms with Crippen molar-refractivity contribution in [3.8, 4) is 0 Å². The summed E-state index contributed by atoms with van der Waals surface area (Å²) in [7, 11) is 0. The molecule has 2 aromatic rings. The Hall–Kier alpha value is -2.71. The van der Waals surface area contributed by atoms with E-state index in [1.165, 1.54) is 30.3 Å². The third-order valence-electron chi connectivity index (χ3n) is 4.68. The zero-order chi connectivity index (χ0) is 20.1. The van der Waals surface area contributed by atoms with E-state index < -0.39 is 10.8 Å². The van der Waals surface area contributed by atoms with E-state index >= 15 is 0 Å². The SMILES string of the molecule is O=C(NCCN1CCN(c2ccc(F)cc2)CC1)c1ccc(Cl)cc1[N+](=O)[O-]. The number of piperazine rings is 1. The number of hydrogen-bond acceptors (Lipinski definition) is 5. The van der Waals surface area contributed by atoms with Gasteiger partial charge in [0.05, 0.1) is 4.92 Å². The molecule has 0 unspecified atom stereocenters. The van der Waals surface area contributed by atoms with Gasteiger partial charge in [-0.05, 0) is 36.4 Å². The Morgan fingerprint density at radius 1 is 1.14 bits per heavy atom. The van der Waals surface area contributed by atoms with E-state index in [9.17, 15) is 19.3 Å². The molecule has 1 heterocycles. The minimum absolute atomic E-state index is 0.00414. The second-order valence-electron chi connectivity index (χ2n) is 6.48. The molecular weight excluding hydrogens is 387 g/mol. The quantitative estimate of drug-likeness (QED) is 0.589. The smallest absolute Gasteiger partial charge is 0.283 e. The monoisotopic (exact) mass is 406 g/mol. The second kappa shape index (κ2) is 8.99. The molecule has 1 saturated heterocycles. The van der Waals surface area contributed by atoms with Gasteiger partial charge in [0.1, 0.15) is 11.4 Å². The van der Waals surface area contributed by atoms with Gasteiger partial charge in [0.2, 0.25) is 0 Å². The van der Waals surface area contributed by atoms with Crippen LogP contribution in [-0.2, 0) is 0 Å². The number of rotatable bonds is 6. The molecule has 0 bridgehead atoms. The van der Waals surface area contributed by atoms with Crippen molar-refractivity contribution in [3.63, 3.8) is 0 Å². The average Bonchev–Trinajstić information content (AvgIpc) is 2.69. The molecule has 0 spiro atoms. The molecule has 1 aliphatic rings. The first-order valence-corrected chi connectivity index (χ1v) is 9.27. The van der Waals surface area contributed by atoms with E-state index in [2.05, 4.69) is 15.1 Å². The third kappa shape index (κ3) is 4.96. The number of halogens is 2. The van der Waals surface area contributed by atoms with Crippen LogP contribution in [-0.4, -0.2) is 55.0 Å². The Balaban J connectivity index is 1.47. The lowest BCUT2D eigenvalue weighted by atomic mass is 10.1. The van der Waals surface area contributed by atoms with Gasteiger partial charge in [-0.1, -0.05) is 11.6 Å². The van der Waals surface area contributed by atoms with Gasteiger partial charge in [0, 0.05) is 56.0 Å². The topological polar surface area (TPSA) is 78.7 Å². The molecule has 1 fully saturated rings. The average molecular weight is 407 g/mol. The van der Waals surface area contributed by atoms with Crippen LogP contribution in [0.2, 0.25) is 5.02 Å². The maximum atomic E-state index is 13.0. The minimum Gasteiger partial charge on any atom is -0.369 e. The maximum absolute atomic E-state index is 13.0. The largest absolute Gasteiger partial charge is 0.369 e. The summed E-state index contributed by atoms with van der Waals surface area (Å²) in [5.74, 6) is -0.743. The highest BCUT2D eigenvalue weighted by molar-refractivity contribution is 6.31. The maximum Gasteiger partial charge on any atom is 0.283 e. The molecule has 2 aromatic carbocycles. The van der Waals surface area contributed by atoms with Gasteiger partial charge < -0.3 is 10.2 Å². The Bertz CT molecular complexity index is 855. The van der Waals surface area contributed by atoms with Gasteiger partial charge in [-0.2, -0.15) is 0 Å². The lowest BCUT2D eigenvalue weighted by Gasteiger charge is -2.36. The molecule has 1 amide bonds. The molecule has 0 aromatic heterocycles. The normalized spacial score (nSPS) is 14.7. The first-order valence-electron chi connectivity index (χ1n) is 8.89.